The van der Waals surface area contributed by atoms with Crippen LogP contribution >= 0.6 is 23.4 Å². The summed E-state index contributed by atoms with van der Waals surface area (Å²) in [7, 11) is 0. The first-order valence-electron chi connectivity index (χ1n) is 5.50. The second-order valence-corrected chi connectivity index (χ2v) is 5.51. The van der Waals surface area contributed by atoms with Gasteiger partial charge in [0.1, 0.15) is 0 Å². The van der Waals surface area contributed by atoms with Crippen molar-refractivity contribution in [1.82, 2.24) is 0 Å². The topological polar surface area (TPSA) is 3.24 Å². The van der Waals surface area contributed by atoms with E-state index in [-0.39, 0.29) is 0 Å². The molecule has 16 heavy (non-hydrogen) atoms. The normalized spacial score (nSPS) is 16.1. The monoisotopic (exact) mass is 253 g/mol. The molecule has 0 aliphatic carbocycles. The smallest absolute Gasteiger partial charge is 0.0729 e. The Morgan fingerprint density at radius 2 is 2.12 bits per heavy atom. The molecule has 0 fully saturated rings. The van der Waals surface area contributed by atoms with Gasteiger partial charge < -0.3 is 4.90 Å². The van der Waals surface area contributed by atoms with E-state index in [1.54, 1.807) is 0 Å². The fourth-order valence-corrected chi connectivity index (χ4v) is 3.19. The van der Waals surface area contributed by atoms with Gasteiger partial charge in [-0.05, 0) is 31.9 Å². The molecule has 2 rings (SSSR count). The number of halogens is 1. The van der Waals surface area contributed by atoms with Gasteiger partial charge in [-0.3, -0.25) is 0 Å². The Balaban J connectivity index is 2.48. The number of anilines is 1. The summed E-state index contributed by atoms with van der Waals surface area (Å²) < 4.78 is 0. The highest BCUT2D eigenvalue weighted by atomic mass is 35.5. The first kappa shape index (κ1) is 11.9. The number of aryl methyl sites for hydroxylation is 1. The highest BCUT2D eigenvalue weighted by Gasteiger charge is 2.22. The zero-order valence-electron chi connectivity index (χ0n) is 9.88. The Bertz CT molecular complexity index is 440. The fourth-order valence-electron chi connectivity index (χ4n) is 1.93. The first-order chi connectivity index (χ1) is 7.65. The molecule has 0 aromatic heterocycles. The summed E-state index contributed by atoms with van der Waals surface area (Å²) in [6.07, 6.45) is 1.02. The van der Waals surface area contributed by atoms with Crippen molar-refractivity contribution >= 4 is 29.1 Å². The number of hydrogen-bond donors (Lipinski definition) is 0. The summed E-state index contributed by atoms with van der Waals surface area (Å²) in [5.74, 6) is 0.981. The molecule has 0 bridgehead atoms. The molecule has 1 nitrogen and oxygen atoms in total. The lowest BCUT2D eigenvalue weighted by Crippen LogP contribution is -2.18. The van der Waals surface area contributed by atoms with Gasteiger partial charge in [0.05, 0.1) is 16.6 Å². The molecule has 0 spiro atoms. The summed E-state index contributed by atoms with van der Waals surface area (Å²) in [5.41, 5.74) is 3.84. The quantitative estimate of drug-likeness (QED) is 0.754. The third kappa shape index (κ3) is 1.96. The molecule has 1 aromatic carbocycles. The molecular formula is C13H16ClNS. The second kappa shape index (κ2) is 4.72. The van der Waals surface area contributed by atoms with Crippen LogP contribution in [0.5, 0.6) is 0 Å². The van der Waals surface area contributed by atoms with Gasteiger partial charge in [-0.1, -0.05) is 30.7 Å². The van der Waals surface area contributed by atoms with Crippen molar-refractivity contribution < 1.29 is 0 Å². The number of thioether (sulfide) groups is 1. The third-order valence-corrected chi connectivity index (χ3v) is 4.47. The highest BCUT2D eigenvalue weighted by Crippen LogP contribution is 2.40. The lowest BCUT2D eigenvalue weighted by Gasteiger charge is -2.23. The molecule has 0 amide bonds. The first-order valence-corrected chi connectivity index (χ1v) is 6.86. The van der Waals surface area contributed by atoms with Crippen LogP contribution in [0, 0.1) is 0 Å². The van der Waals surface area contributed by atoms with Crippen LogP contribution in [0.25, 0.3) is 0 Å². The van der Waals surface area contributed by atoms with E-state index in [9.17, 15) is 0 Å². The molecule has 0 N–H and O–H groups in total. The van der Waals surface area contributed by atoms with Crippen molar-refractivity contribution in [3.63, 3.8) is 0 Å². The molecule has 86 valence electrons. The SMILES string of the molecule is CCc1cccc(Cl)c1N1CSC(C)=C1C. The van der Waals surface area contributed by atoms with E-state index in [1.165, 1.54) is 21.9 Å². The van der Waals surface area contributed by atoms with Crippen molar-refractivity contribution in [3.05, 3.63) is 39.4 Å². The molecule has 0 unspecified atom stereocenters. The van der Waals surface area contributed by atoms with Crippen molar-refractivity contribution in [2.24, 2.45) is 0 Å². The molecule has 3 heteroatoms. The lowest BCUT2D eigenvalue weighted by atomic mass is 10.1. The molecule has 1 heterocycles. The molecule has 0 radical (unpaired) electrons. The number of allylic oxidation sites excluding steroid dienone is 2. The predicted octanol–water partition coefficient (Wildman–Crippen LogP) is 4.66. The molecule has 0 saturated carbocycles. The van der Waals surface area contributed by atoms with Gasteiger partial charge in [0, 0.05) is 10.6 Å². The van der Waals surface area contributed by atoms with E-state index in [4.69, 9.17) is 11.6 Å². The van der Waals surface area contributed by atoms with Gasteiger partial charge in [-0.15, -0.1) is 11.8 Å². The maximum Gasteiger partial charge on any atom is 0.0729 e. The van der Waals surface area contributed by atoms with E-state index < -0.39 is 0 Å². The average Bonchev–Trinajstić information content (AvgIpc) is 2.60. The van der Waals surface area contributed by atoms with Gasteiger partial charge in [0.15, 0.2) is 0 Å². The van der Waals surface area contributed by atoms with Gasteiger partial charge in [0.2, 0.25) is 0 Å². The van der Waals surface area contributed by atoms with E-state index in [0.29, 0.717) is 0 Å². The molecule has 0 atom stereocenters. The number of para-hydroxylation sites is 1. The van der Waals surface area contributed by atoms with Crippen LogP contribution in [0.1, 0.15) is 26.3 Å². The Hall–Kier alpha value is -0.600. The van der Waals surface area contributed by atoms with Crippen LogP contribution in [0.2, 0.25) is 5.02 Å². The second-order valence-electron chi connectivity index (χ2n) is 3.94. The van der Waals surface area contributed by atoms with Crippen LogP contribution < -0.4 is 4.90 Å². The van der Waals surface area contributed by atoms with Crippen LogP contribution in [0.3, 0.4) is 0 Å². The van der Waals surface area contributed by atoms with Crippen molar-refractivity contribution in [2.75, 3.05) is 10.8 Å². The van der Waals surface area contributed by atoms with E-state index in [0.717, 1.165) is 17.3 Å². The molecular weight excluding hydrogens is 238 g/mol. The number of rotatable bonds is 2. The summed E-state index contributed by atoms with van der Waals surface area (Å²) >= 11 is 8.21. The minimum absolute atomic E-state index is 0.856. The maximum absolute atomic E-state index is 6.33. The van der Waals surface area contributed by atoms with Gasteiger partial charge in [-0.2, -0.15) is 0 Å². The van der Waals surface area contributed by atoms with Crippen molar-refractivity contribution in [1.29, 1.82) is 0 Å². The molecule has 0 saturated heterocycles. The fraction of sp³-hybridized carbons (Fsp3) is 0.385. The summed E-state index contributed by atoms with van der Waals surface area (Å²) in [5, 5.41) is 0.856. The van der Waals surface area contributed by atoms with E-state index in [2.05, 4.69) is 31.7 Å². The zero-order chi connectivity index (χ0) is 11.7. The van der Waals surface area contributed by atoms with Crippen LogP contribution in [-0.2, 0) is 6.42 Å². The number of nitrogens with zero attached hydrogens (tertiary/aromatic N) is 1. The largest absolute Gasteiger partial charge is 0.333 e. The van der Waals surface area contributed by atoms with Gasteiger partial charge >= 0.3 is 0 Å². The summed E-state index contributed by atoms with van der Waals surface area (Å²) in [6, 6.07) is 6.16. The minimum atomic E-state index is 0.856. The molecule has 1 aliphatic heterocycles. The molecule has 1 aromatic rings. The maximum atomic E-state index is 6.33. The van der Waals surface area contributed by atoms with Crippen molar-refractivity contribution in [3.8, 4) is 0 Å². The highest BCUT2D eigenvalue weighted by molar-refractivity contribution is 8.03. The Morgan fingerprint density at radius 3 is 2.69 bits per heavy atom. The van der Waals surface area contributed by atoms with Gasteiger partial charge in [-0.25, -0.2) is 0 Å². The zero-order valence-corrected chi connectivity index (χ0v) is 11.5. The predicted molar refractivity (Wildman–Crippen MR) is 74.1 cm³/mol. The lowest BCUT2D eigenvalue weighted by molar-refractivity contribution is 1.03. The standard InChI is InChI=1S/C13H16ClNS/c1-4-11-6-5-7-12(14)13(11)15-8-16-10(3)9(15)2/h5-7H,4,8H2,1-3H3. The minimum Gasteiger partial charge on any atom is -0.333 e. The van der Waals surface area contributed by atoms with Crippen LogP contribution in [-0.4, -0.2) is 5.88 Å². The Labute approximate surface area is 106 Å². The van der Waals surface area contributed by atoms with Gasteiger partial charge in [0.25, 0.3) is 0 Å². The van der Waals surface area contributed by atoms with Crippen LogP contribution in [0.15, 0.2) is 28.8 Å². The van der Waals surface area contributed by atoms with E-state index in [1.807, 2.05) is 23.9 Å². The van der Waals surface area contributed by atoms with Crippen LogP contribution in [0.4, 0.5) is 5.69 Å². The number of benzene rings is 1. The van der Waals surface area contributed by atoms with Crippen molar-refractivity contribution in [2.45, 2.75) is 27.2 Å². The Morgan fingerprint density at radius 1 is 1.38 bits per heavy atom. The Kier molecular flexibility index (Phi) is 3.50. The average molecular weight is 254 g/mol. The number of hydrogen-bond acceptors (Lipinski definition) is 2. The molecule has 1 aliphatic rings. The third-order valence-electron chi connectivity index (χ3n) is 3.05. The van der Waals surface area contributed by atoms with E-state index >= 15 is 0 Å². The summed E-state index contributed by atoms with van der Waals surface area (Å²) in [6.45, 7) is 6.50. The summed E-state index contributed by atoms with van der Waals surface area (Å²) in [4.78, 5) is 3.71.